The molecule has 3 rings (SSSR count). The van der Waals surface area contributed by atoms with Gasteiger partial charge in [0.1, 0.15) is 5.75 Å². The molecule has 0 amide bonds. The molecule has 1 N–H and O–H groups in total. The van der Waals surface area contributed by atoms with E-state index < -0.39 is 22.1 Å². The van der Waals surface area contributed by atoms with Gasteiger partial charge in [-0.2, -0.15) is 0 Å². The van der Waals surface area contributed by atoms with Gasteiger partial charge in [0.2, 0.25) is 10.0 Å². The smallest absolute Gasteiger partial charge is 0.462 e. The van der Waals surface area contributed by atoms with Gasteiger partial charge >= 0.3 is 6.36 Å². The summed E-state index contributed by atoms with van der Waals surface area (Å²) in [5, 5.41) is 0.625. The maximum Gasteiger partial charge on any atom is 0.573 e. The number of halogens is 3. The van der Waals surface area contributed by atoms with Crippen molar-refractivity contribution < 1.29 is 30.7 Å². The van der Waals surface area contributed by atoms with Crippen molar-refractivity contribution in [3.05, 3.63) is 53.2 Å². The van der Waals surface area contributed by atoms with Gasteiger partial charge in [-0.05, 0) is 43.3 Å². The zero-order valence-corrected chi connectivity index (χ0v) is 15.4. The van der Waals surface area contributed by atoms with Crippen LogP contribution in [-0.2, 0) is 16.6 Å². The SMILES string of the molecule is Cc1nc(-c2ccco2)sc1CNS(=O)(=O)c1ccc(OC(F)(F)F)cc1. The Hall–Kier alpha value is -2.37. The first-order valence-electron chi connectivity index (χ1n) is 7.50. The van der Waals surface area contributed by atoms with Gasteiger partial charge in [0, 0.05) is 11.4 Å². The fourth-order valence-electron chi connectivity index (χ4n) is 2.16. The highest BCUT2D eigenvalue weighted by Crippen LogP contribution is 2.28. The van der Waals surface area contributed by atoms with E-state index >= 15 is 0 Å². The van der Waals surface area contributed by atoms with Gasteiger partial charge in [-0.25, -0.2) is 18.1 Å². The molecule has 0 unspecified atom stereocenters. The molecule has 2 heterocycles. The van der Waals surface area contributed by atoms with Gasteiger partial charge in [0.25, 0.3) is 0 Å². The first-order chi connectivity index (χ1) is 12.6. The number of nitrogens with one attached hydrogen (secondary N) is 1. The minimum atomic E-state index is -4.84. The molecule has 2 aromatic heterocycles. The second-order valence-corrected chi connectivity index (χ2v) is 8.20. The third-order valence-corrected chi connectivity index (χ3v) is 6.00. The molecule has 0 spiro atoms. The highest BCUT2D eigenvalue weighted by Gasteiger charge is 2.31. The van der Waals surface area contributed by atoms with Crippen LogP contribution in [0.25, 0.3) is 10.8 Å². The number of thiazole rings is 1. The average molecular weight is 418 g/mol. The van der Waals surface area contributed by atoms with E-state index in [1.807, 2.05) is 0 Å². The molecule has 0 saturated heterocycles. The molecule has 27 heavy (non-hydrogen) atoms. The number of ether oxygens (including phenoxy) is 1. The molecule has 0 bridgehead atoms. The van der Waals surface area contributed by atoms with Gasteiger partial charge in [-0.15, -0.1) is 24.5 Å². The van der Waals surface area contributed by atoms with E-state index in [0.717, 1.165) is 24.3 Å². The largest absolute Gasteiger partial charge is 0.573 e. The van der Waals surface area contributed by atoms with E-state index in [4.69, 9.17) is 4.42 Å². The van der Waals surface area contributed by atoms with Crippen LogP contribution in [0.4, 0.5) is 13.2 Å². The van der Waals surface area contributed by atoms with Gasteiger partial charge in [-0.1, -0.05) is 0 Å². The van der Waals surface area contributed by atoms with Crippen LogP contribution in [0, 0.1) is 6.92 Å². The molecule has 0 aliphatic rings. The number of aryl methyl sites for hydroxylation is 1. The number of sulfonamides is 1. The predicted octanol–water partition coefficient (Wildman–Crippen LogP) is 4.09. The Kier molecular flexibility index (Phi) is 5.27. The molecule has 1 aromatic carbocycles. The highest BCUT2D eigenvalue weighted by atomic mass is 32.2. The lowest BCUT2D eigenvalue weighted by Gasteiger charge is -2.10. The topological polar surface area (TPSA) is 81.4 Å². The van der Waals surface area contributed by atoms with Crippen molar-refractivity contribution in [2.24, 2.45) is 0 Å². The summed E-state index contributed by atoms with van der Waals surface area (Å²) >= 11 is 1.29. The van der Waals surface area contributed by atoms with Crippen LogP contribution in [0.5, 0.6) is 5.75 Å². The molecule has 0 saturated carbocycles. The number of hydrogen-bond acceptors (Lipinski definition) is 6. The van der Waals surface area contributed by atoms with Crippen molar-refractivity contribution in [1.82, 2.24) is 9.71 Å². The van der Waals surface area contributed by atoms with Crippen LogP contribution in [0.15, 0.2) is 52.0 Å². The predicted molar refractivity (Wildman–Crippen MR) is 91.7 cm³/mol. The van der Waals surface area contributed by atoms with Crippen molar-refractivity contribution >= 4 is 21.4 Å². The van der Waals surface area contributed by atoms with E-state index in [1.165, 1.54) is 17.6 Å². The van der Waals surface area contributed by atoms with Crippen LogP contribution in [0.1, 0.15) is 10.6 Å². The van der Waals surface area contributed by atoms with E-state index in [2.05, 4.69) is 14.4 Å². The number of aromatic nitrogens is 1. The van der Waals surface area contributed by atoms with E-state index in [0.29, 0.717) is 21.3 Å². The molecular weight excluding hydrogens is 405 g/mol. The minimum Gasteiger partial charge on any atom is -0.462 e. The molecule has 0 aliphatic carbocycles. The maximum atomic E-state index is 12.3. The number of alkyl halides is 3. The summed E-state index contributed by atoms with van der Waals surface area (Å²) in [4.78, 5) is 4.86. The Morgan fingerprint density at radius 2 is 1.93 bits per heavy atom. The lowest BCUT2D eigenvalue weighted by molar-refractivity contribution is -0.274. The Labute approximate surface area is 156 Å². The van der Waals surface area contributed by atoms with Crippen LogP contribution >= 0.6 is 11.3 Å². The fourth-order valence-corrected chi connectivity index (χ4v) is 4.22. The third-order valence-electron chi connectivity index (χ3n) is 3.41. The van der Waals surface area contributed by atoms with E-state index in [1.54, 1.807) is 19.1 Å². The fraction of sp³-hybridized carbons (Fsp3) is 0.188. The standard InChI is InChI=1S/C16H13F3N2O4S2/c1-10-14(26-15(21-10)13-3-2-8-24-13)9-20-27(22,23)12-6-4-11(5-7-12)25-16(17,18)19/h2-8,20H,9H2,1H3. The van der Waals surface area contributed by atoms with Crippen molar-refractivity contribution in [3.8, 4) is 16.5 Å². The Morgan fingerprint density at radius 1 is 1.22 bits per heavy atom. The molecule has 0 atom stereocenters. The molecule has 6 nitrogen and oxygen atoms in total. The normalized spacial score (nSPS) is 12.3. The molecule has 0 radical (unpaired) electrons. The number of hydrogen-bond donors (Lipinski definition) is 1. The van der Waals surface area contributed by atoms with Gasteiger partial charge < -0.3 is 9.15 Å². The average Bonchev–Trinajstić information content (AvgIpc) is 3.21. The maximum absolute atomic E-state index is 12.3. The Bertz CT molecular complexity index is 1010. The van der Waals surface area contributed by atoms with Gasteiger partial charge in [-0.3, -0.25) is 0 Å². The summed E-state index contributed by atoms with van der Waals surface area (Å²) in [6.07, 6.45) is -3.32. The second-order valence-electron chi connectivity index (χ2n) is 5.35. The second kappa shape index (κ2) is 7.33. The highest BCUT2D eigenvalue weighted by molar-refractivity contribution is 7.89. The van der Waals surface area contributed by atoms with E-state index in [-0.39, 0.29) is 11.4 Å². The summed E-state index contributed by atoms with van der Waals surface area (Å²) in [6, 6.07) is 7.43. The Morgan fingerprint density at radius 3 is 2.52 bits per heavy atom. The lowest BCUT2D eigenvalue weighted by Crippen LogP contribution is -2.23. The molecule has 11 heteroatoms. The minimum absolute atomic E-state index is 0.00660. The van der Waals surface area contributed by atoms with Crippen molar-refractivity contribution in [1.29, 1.82) is 0 Å². The zero-order valence-electron chi connectivity index (χ0n) is 13.8. The van der Waals surface area contributed by atoms with Gasteiger partial charge in [0.15, 0.2) is 10.8 Å². The lowest BCUT2D eigenvalue weighted by atomic mass is 10.3. The quantitative estimate of drug-likeness (QED) is 0.652. The summed E-state index contributed by atoms with van der Waals surface area (Å²) in [7, 11) is -3.91. The van der Waals surface area contributed by atoms with Crippen LogP contribution in [-0.4, -0.2) is 19.8 Å². The first-order valence-corrected chi connectivity index (χ1v) is 9.80. The summed E-state index contributed by atoms with van der Waals surface area (Å²) in [5.74, 6) is 0.0836. The molecular formula is C16H13F3N2O4S2. The number of furan rings is 1. The van der Waals surface area contributed by atoms with Crippen LogP contribution in [0.3, 0.4) is 0 Å². The van der Waals surface area contributed by atoms with Crippen molar-refractivity contribution in [2.45, 2.75) is 24.7 Å². The number of nitrogens with zero attached hydrogens (tertiary/aromatic N) is 1. The number of benzene rings is 1. The first kappa shape index (κ1) is 19.4. The summed E-state index contributed by atoms with van der Waals surface area (Å²) < 4.78 is 72.6. The zero-order chi connectivity index (χ0) is 19.7. The van der Waals surface area contributed by atoms with Crippen molar-refractivity contribution in [3.63, 3.8) is 0 Å². The molecule has 144 valence electrons. The van der Waals surface area contributed by atoms with Crippen molar-refractivity contribution in [2.75, 3.05) is 0 Å². The van der Waals surface area contributed by atoms with Gasteiger partial charge in [0.05, 0.1) is 16.9 Å². The molecule has 0 aliphatic heterocycles. The number of rotatable bonds is 6. The molecule has 0 fully saturated rings. The Balaban J connectivity index is 1.70. The van der Waals surface area contributed by atoms with Crippen LogP contribution < -0.4 is 9.46 Å². The summed E-state index contributed by atoms with van der Waals surface area (Å²) in [5.41, 5.74) is 0.656. The third kappa shape index (κ3) is 4.87. The monoisotopic (exact) mass is 418 g/mol. The van der Waals surface area contributed by atoms with Crippen LogP contribution in [0.2, 0.25) is 0 Å². The molecule has 3 aromatic rings. The summed E-state index contributed by atoms with van der Waals surface area (Å²) in [6.45, 7) is 1.74. The van der Waals surface area contributed by atoms with E-state index in [9.17, 15) is 21.6 Å².